The summed E-state index contributed by atoms with van der Waals surface area (Å²) in [5, 5.41) is 5.81. The molecule has 0 spiro atoms. The predicted molar refractivity (Wildman–Crippen MR) is 111 cm³/mol. The molecule has 144 valence electrons. The van der Waals surface area contributed by atoms with Gasteiger partial charge in [-0.05, 0) is 37.1 Å². The van der Waals surface area contributed by atoms with Gasteiger partial charge in [0.2, 0.25) is 0 Å². The maximum Gasteiger partial charge on any atom is 0.188 e. The van der Waals surface area contributed by atoms with Crippen molar-refractivity contribution in [2.45, 2.75) is 12.8 Å². The third-order valence-corrected chi connectivity index (χ3v) is 5.28. The molecule has 3 heterocycles. The van der Waals surface area contributed by atoms with Crippen LogP contribution in [-0.2, 0) is 7.05 Å². The van der Waals surface area contributed by atoms with Crippen molar-refractivity contribution in [3.63, 3.8) is 0 Å². The molecule has 0 aliphatic heterocycles. The molecule has 0 bridgehead atoms. The van der Waals surface area contributed by atoms with Gasteiger partial charge in [0.05, 0.1) is 16.2 Å². The van der Waals surface area contributed by atoms with Gasteiger partial charge in [-0.15, -0.1) is 0 Å². The van der Waals surface area contributed by atoms with Gasteiger partial charge in [0.25, 0.3) is 0 Å². The van der Waals surface area contributed by atoms with E-state index in [0.717, 1.165) is 23.8 Å². The van der Waals surface area contributed by atoms with Crippen LogP contribution in [0.1, 0.15) is 23.3 Å². The van der Waals surface area contributed by atoms with Crippen LogP contribution in [0, 0.1) is 5.92 Å². The first-order chi connectivity index (χ1) is 14.0. The number of hydrogen-bond acceptors (Lipinski definition) is 6. The number of fused-ring (bicyclic) bond motifs is 1. The summed E-state index contributed by atoms with van der Waals surface area (Å²) in [4.78, 5) is 26.2. The van der Waals surface area contributed by atoms with Gasteiger partial charge in [0.1, 0.15) is 17.1 Å². The van der Waals surface area contributed by atoms with Crippen LogP contribution in [0.5, 0.6) is 0 Å². The fourth-order valence-corrected chi connectivity index (χ4v) is 3.65. The van der Waals surface area contributed by atoms with Crippen molar-refractivity contribution in [3.8, 4) is 22.6 Å². The van der Waals surface area contributed by atoms with E-state index >= 15 is 0 Å². The summed E-state index contributed by atoms with van der Waals surface area (Å²) in [6.07, 6.45) is 5.25. The van der Waals surface area contributed by atoms with Gasteiger partial charge < -0.3 is 5.73 Å². The Bertz CT molecular complexity index is 1280. The van der Waals surface area contributed by atoms with Crippen LogP contribution in [0.25, 0.3) is 33.5 Å². The van der Waals surface area contributed by atoms with E-state index in [9.17, 15) is 4.79 Å². The summed E-state index contributed by atoms with van der Waals surface area (Å²) in [5.41, 5.74) is 9.43. The van der Waals surface area contributed by atoms with Crippen molar-refractivity contribution in [2.24, 2.45) is 13.0 Å². The summed E-state index contributed by atoms with van der Waals surface area (Å²) in [6, 6.07) is 9.33. The number of benzene rings is 1. The van der Waals surface area contributed by atoms with Crippen molar-refractivity contribution < 1.29 is 4.79 Å². The number of nitrogens with zero attached hydrogens (tertiary/aromatic N) is 5. The van der Waals surface area contributed by atoms with Crippen molar-refractivity contribution >= 4 is 34.1 Å². The Balaban J connectivity index is 1.77. The lowest BCUT2D eigenvalue weighted by Gasteiger charge is -2.12. The second-order valence-corrected chi connectivity index (χ2v) is 7.61. The molecule has 0 saturated heterocycles. The first-order valence-corrected chi connectivity index (χ1v) is 9.65. The van der Waals surface area contributed by atoms with Gasteiger partial charge in [0.15, 0.2) is 11.6 Å². The summed E-state index contributed by atoms with van der Waals surface area (Å²) >= 11 is 6.49. The molecule has 3 aromatic heterocycles. The zero-order valence-corrected chi connectivity index (χ0v) is 16.4. The first-order valence-electron chi connectivity index (χ1n) is 9.27. The predicted octanol–water partition coefficient (Wildman–Crippen LogP) is 3.92. The topological polar surface area (TPSA) is 99.6 Å². The summed E-state index contributed by atoms with van der Waals surface area (Å²) in [7, 11) is 1.82. The number of carbonyl (C=O) groups is 1. The highest BCUT2D eigenvalue weighted by atomic mass is 35.5. The fraction of sp³-hybridized carbons (Fsp3) is 0.190. The standard InChI is InChI=1S/C21H17ClN6O/c1-28-8-6-15(27-28)18-17(25-19(21(23)26-18)20(29)11-4-5-11)13-9-12-3-2-7-24-16(12)14(22)10-13/h2-3,6-11H,4-5H2,1H3,(H2,23,26). The van der Waals surface area contributed by atoms with Gasteiger partial charge in [-0.3, -0.25) is 14.5 Å². The molecule has 0 unspecified atom stereocenters. The van der Waals surface area contributed by atoms with Crippen LogP contribution < -0.4 is 5.73 Å². The lowest BCUT2D eigenvalue weighted by atomic mass is 10.0. The minimum atomic E-state index is -0.0580. The molecular weight excluding hydrogens is 388 g/mol. The van der Waals surface area contributed by atoms with E-state index in [0.29, 0.717) is 27.6 Å². The maximum absolute atomic E-state index is 12.7. The molecule has 8 heteroatoms. The number of halogens is 1. The Hall–Kier alpha value is -3.32. The van der Waals surface area contributed by atoms with E-state index in [1.165, 1.54) is 0 Å². The normalized spacial score (nSPS) is 13.7. The Kier molecular flexibility index (Phi) is 4.06. The largest absolute Gasteiger partial charge is 0.382 e. The van der Waals surface area contributed by atoms with E-state index in [4.69, 9.17) is 17.3 Å². The van der Waals surface area contributed by atoms with Crippen molar-refractivity contribution in [1.82, 2.24) is 24.7 Å². The monoisotopic (exact) mass is 404 g/mol. The summed E-state index contributed by atoms with van der Waals surface area (Å²) in [5.74, 6) is 0.0572. The van der Waals surface area contributed by atoms with Crippen molar-refractivity contribution in [2.75, 3.05) is 5.73 Å². The Morgan fingerprint density at radius 1 is 1.21 bits per heavy atom. The summed E-state index contributed by atoms with van der Waals surface area (Å²) in [6.45, 7) is 0. The van der Waals surface area contributed by atoms with Gasteiger partial charge >= 0.3 is 0 Å². The minimum Gasteiger partial charge on any atom is -0.382 e. The van der Waals surface area contributed by atoms with Gasteiger partial charge in [-0.2, -0.15) is 5.10 Å². The van der Waals surface area contributed by atoms with Crippen LogP contribution in [0.2, 0.25) is 5.02 Å². The molecule has 0 radical (unpaired) electrons. The molecule has 5 rings (SSSR count). The summed E-state index contributed by atoms with van der Waals surface area (Å²) < 4.78 is 1.68. The molecule has 0 atom stereocenters. The third-order valence-electron chi connectivity index (χ3n) is 4.99. The smallest absolute Gasteiger partial charge is 0.188 e. The maximum atomic E-state index is 12.7. The molecule has 1 aromatic carbocycles. The van der Waals surface area contributed by atoms with Crippen LogP contribution >= 0.6 is 11.6 Å². The van der Waals surface area contributed by atoms with E-state index < -0.39 is 0 Å². The Morgan fingerprint density at radius 3 is 2.76 bits per heavy atom. The highest BCUT2D eigenvalue weighted by molar-refractivity contribution is 6.35. The molecular formula is C21H17ClN6O. The minimum absolute atomic E-state index is 0.00968. The lowest BCUT2D eigenvalue weighted by molar-refractivity contribution is 0.0963. The van der Waals surface area contributed by atoms with Crippen LogP contribution in [0.3, 0.4) is 0 Å². The fourth-order valence-electron chi connectivity index (χ4n) is 3.37. The molecule has 1 aliphatic rings. The second kappa shape index (κ2) is 6.63. The number of anilines is 1. The Labute approximate surface area is 171 Å². The lowest BCUT2D eigenvalue weighted by Crippen LogP contribution is -2.12. The number of carbonyl (C=O) groups excluding carboxylic acids is 1. The quantitative estimate of drug-likeness (QED) is 0.517. The molecule has 4 aromatic rings. The molecule has 1 saturated carbocycles. The number of Topliss-reactive ketones (excluding diaryl/α,β-unsaturated/α-hetero) is 1. The number of nitrogen functional groups attached to an aromatic ring is 1. The number of ketones is 1. The average molecular weight is 405 g/mol. The molecule has 7 nitrogen and oxygen atoms in total. The van der Waals surface area contributed by atoms with E-state index in [1.807, 2.05) is 37.5 Å². The molecule has 29 heavy (non-hydrogen) atoms. The SMILES string of the molecule is Cn1ccc(-c2nc(N)c(C(=O)C3CC3)nc2-c2cc(Cl)c3ncccc3c2)n1. The highest BCUT2D eigenvalue weighted by Gasteiger charge is 2.34. The number of aromatic nitrogens is 5. The number of nitrogens with two attached hydrogens (primary N) is 1. The Morgan fingerprint density at radius 2 is 2.03 bits per heavy atom. The van der Waals surface area contributed by atoms with Crippen molar-refractivity contribution in [1.29, 1.82) is 0 Å². The number of hydrogen-bond donors (Lipinski definition) is 1. The van der Waals surface area contributed by atoms with Crippen LogP contribution in [0.4, 0.5) is 5.82 Å². The first kappa shape index (κ1) is 17.8. The number of aryl methyl sites for hydroxylation is 1. The third kappa shape index (κ3) is 3.13. The van der Waals surface area contributed by atoms with Crippen LogP contribution in [0.15, 0.2) is 42.7 Å². The number of pyridine rings is 1. The molecule has 0 amide bonds. The van der Waals surface area contributed by atoms with Gasteiger partial charge in [-0.1, -0.05) is 17.7 Å². The average Bonchev–Trinajstić information content (AvgIpc) is 3.48. The molecule has 1 aliphatic carbocycles. The van der Waals surface area contributed by atoms with Gasteiger partial charge in [-0.25, -0.2) is 9.97 Å². The van der Waals surface area contributed by atoms with E-state index in [-0.39, 0.29) is 23.2 Å². The molecule has 2 N–H and O–H groups in total. The van der Waals surface area contributed by atoms with Crippen molar-refractivity contribution in [3.05, 3.63) is 53.4 Å². The molecule has 1 fully saturated rings. The van der Waals surface area contributed by atoms with Gasteiger partial charge in [0, 0.05) is 36.3 Å². The number of rotatable bonds is 4. The van der Waals surface area contributed by atoms with E-state index in [1.54, 1.807) is 16.9 Å². The zero-order chi connectivity index (χ0) is 20.1. The van der Waals surface area contributed by atoms with E-state index in [2.05, 4.69) is 20.1 Å². The zero-order valence-electron chi connectivity index (χ0n) is 15.6. The highest BCUT2D eigenvalue weighted by Crippen LogP contribution is 2.37. The second-order valence-electron chi connectivity index (χ2n) is 7.20. The van der Waals surface area contributed by atoms with Crippen LogP contribution in [-0.4, -0.2) is 30.5 Å².